The molecule has 1 aromatic heterocycles. The lowest BCUT2D eigenvalue weighted by Crippen LogP contribution is -2.31. The van der Waals surface area contributed by atoms with Crippen molar-refractivity contribution in [3.8, 4) is 0 Å². The summed E-state index contributed by atoms with van der Waals surface area (Å²) in [4.78, 5) is 19.3. The van der Waals surface area contributed by atoms with Gasteiger partial charge in [0.2, 0.25) is 5.95 Å². The van der Waals surface area contributed by atoms with Gasteiger partial charge in [-0.2, -0.15) is 4.98 Å². The van der Waals surface area contributed by atoms with E-state index in [1.54, 1.807) is 0 Å². The van der Waals surface area contributed by atoms with E-state index in [1.165, 1.54) is 12.8 Å². The van der Waals surface area contributed by atoms with E-state index in [1.807, 2.05) is 25.1 Å². The summed E-state index contributed by atoms with van der Waals surface area (Å²) in [5.41, 5.74) is 1.74. The average molecular weight is 309 g/mol. The maximum Gasteiger partial charge on any atom is 0.282 e. The molecule has 0 radical (unpaired) electrons. The zero-order chi connectivity index (χ0) is 13.9. The SMILES string of the molecule is Cc1ccc2[nH]c(NCC3CCNCC3)nc(=O)c2c1.Cl. The molecule has 0 bridgehead atoms. The highest BCUT2D eigenvalue weighted by molar-refractivity contribution is 5.85. The number of anilines is 1. The van der Waals surface area contributed by atoms with Crippen molar-refractivity contribution in [3.63, 3.8) is 0 Å². The molecule has 1 saturated heterocycles. The van der Waals surface area contributed by atoms with Gasteiger partial charge >= 0.3 is 0 Å². The van der Waals surface area contributed by atoms with Crippen LogP contribution in [0.3, 0.4) is 0 Å². The topological polar surface area (TPSA) is 69.8 Å². The van der Waals surface area contributed by atoms with Crippen molar-refractivity contribution in [2.24, 2.45) is 5.92 Å². The number of rotatable bonds is 3. The number of piperidine rings is 1. The molecule has 0 atom stereocenters. The van der Waals surface area contributed by atoms with Crippen LogP contribution in [0.15, 0.2) is 23.0 Å². The standard InChI is InChI=1S/C15H20N4O.ClH/c1-10-2-3-13-12(8-10)14(20)19-15(18-13)17-9-11-4-6-16-7-5-11;/h2-3,8,11,16H,4-7,9H2,1H3,(H2,17,18,19,20);1H. The summed E-state index contributed by atoms with van der Waals surface area (Å²) < 4.78 is 0. The van der Waals surface area contributed by atoms with E-state index < -0.39 is 0 Å². The molecule has 0 amide bonds. The first-order valence-corrected chi connectivity index (χ1v) is 7.17. The normalized spacial score (nSPS) is 15.7. The van der Waals surface area contributed by atoms with Gasteiger partial charge in [0.1, 0.15) is 0 Å². The first-order chi connectivity index (χ1) is 9.72. The molecule has 2 heterocycles. The zero-order valence-corrected chi connectivity index (χ0v) is 12.9. The van der Waals surface area contributed by atoms with Crippen molar-refractivity contribution in [2.45, 2.75) is 19.8 Å². The Bertz CT molecular complexity index is 664. The van der Waals surface area contributed by atoms with E-state index in [9.17, 15) is 4.79 Å². The van der Waals surface area contributed by atoms with Gasteiger partial charge in [0, 0.05) is 6.54 Å². The number of nitrogens with zero attached hydrogens (tertiary/aromatic N) is 1. The summed E-state index contributed by atoms with van der Waals surface area (Å²) in [5, 5.41) is 7.27. The van der Waals surface area contributed by atoms with Crippen LogP contribution in [0.25, 0.3) is 10.9 Å². The summed E-state index contributed by atoms with van der Waals surface area (Å²) in [5.74, 6) is 1.22. The first-order valence-electron chi connectivity index (χ1n) is 7.17. The van der Waals surface area contributed by atoms with Crippen LogP contribution in [0.5, 0.6) is 0 Å². The van der Waals surface area contributed by atoms with Gasteiger partial charge < -0.3 is 15.6 Å². The summed E-state index contributed by atoms with van der Waals surface area (Å²) >= 11 is 0. The molecule has 114 valence electrons. The van der Waals surface area contributed by atoms with Crippen LogP contribution < -0.4 is 16.2 Å². The highest BCUT2D eigenvalue weighted by Gasteiger charge is 2.13. The Hall–Kier alpha value is -1.59. The van der Waals surface area contributed by atoms with Crippen molar-refractivity contribution < 1.29 is 0 Å². The number of aryl methyl sites for hydroxylation is 1. The fraction of sp³-hybridized carbons (Fsp3) is 0.467. The second-order valence-electron chi connectivity index (χ2n) is 5.51. The summed E-state index contributed by atoms with van der Waals surface area (Å²) in [6.45, 7) is 4.99. The van der Waals surface area contributed by atoms with E-state index in [0.717, 1.165) is 30.7 Å². The number of H-pyrrole nitrogens is 1. The molecule has 6 heteroatoms. The van der Waals surface area contributed by atoms with Crippen LogP contribution in [0.1, 0.15) is 18.4 Å². The van der Waals surface area contributed by atoms with Crippen LogP contribution in [0.4, 0.5) is 5.95 Å². The predicted octanol–water partition coefficient (Wildman–Crippen LogP) is 2.06. The zero-order valence-electron chi connectivity index (χ0n) is 12.1. The van der Waals surface area contributed by atoms with Crippen molar-refractivity contribution in [1.82, 2.24) is 15.3 Å². The molecule has 1 aromatic carbocycles. The number of aromatic nitrogens is 2. The molecule has 0 aliphatic carbocycles. The third-order valence-electron chi connectivity index (χ3n) is 3.89. The van der Waals surface area contributed by atoms with Crippen LogP contribution in [-0.4, -0.2) is 29.6 Å². The van der Waals surface area contributed by atoms with E-state index in [4.69, 9.17) is 0 Å². The van der Waals surface area contributed by atoms with Gasteiger partial charge in [0.05, 0.1) is 10.9 Å². The lowest BCUT2D eigenvalue weighted by atomic mass is 9.98. The Morgan fingerprint density at radius 3 is 2.86 bits per heavy atom. The molecule has 0 spiro atoms. The minimum absolute atomic E-state index is 0. The molecule has 3 rings (SSSR count). The van der Waals surface area contributed by atoms with Crippen molar-refractivity contribution in [1.29, 1.82) is 0 Å². The van der Waals surface area contributed by atoms with E-state index in [0.29, 0.717) is 17.3 Å². The third kappa shape index (κ3) is 3.74. The average Bonchev–Trinajstić information content (AvgIpc) is 2.47. The molecule has 2 aromatic rings. The lowest BCUT2D eigenvalue weighted by Gasteiger charge is -2.22. The second-order valence-corrected chi connectivity index (χ2v) is 5.51. The number of hydrogen-bond acceptors (Lipinski definition) is 4. The van der Waals surface area contributed by atoms with E-state index in [2.05, 4.69) is 20.6 Å². The molecular formula is C15H21ClN4O. The number of nitrogens with one attached hydrogen (secondary N) is 3. The Balaban J connectivity index is 0.00000161. The Morgan fingerprint density at radius 2 is 2.10 bits per heavy atom. The van der Waals surface area contributed by atoms with Gasteiger partial charge in [-0.25, -0.2) is 0 Å². The monoisotopic (exact) mass is 308 g/mol. The fourth-order valence-corrected chi connectivity index (χ4v) is 2.67. The van der Waals surface area contributed by atoms with Gasteiger partial charge in [-0.05, 0) is 50.9 Å². The van der Waals surface area contributed by atoms with Gasteiger partial charge in [-0.15, -0.1) is 12.4 Å². The van der Waals surface area contributed by atoms with Crippen molar-refractivity contribution in [3.05, 3.63) is 34.1 Å². The quantitative estimate of drug-likeness (QED) is 0.812. The minimum atomic E-state index is -0.171. The largest absolute Gasteiger partial charge is 0.355 e. The maximum atomic E-state index is 12.0. The van der Waals surface area contributed by atoms with Crippen LogP contribution in [0.2, 0.25) is 0 Å². The van der Waals surface area contributed by atoms with E-state index in [-0.39, 0.29) is 18.0 Å². The first kappa shape index (κ1) is 15.8. The summed E-state index contributed by atoms with van der Waals surface area (Å²) in [6, 6.07) is 5.80. The Kier molecular flexibility index (Phi) is 5.20. The lowest BCUT2D eigenvalue weighted by molar-refractivity contribution is 0.389. The Morgan fingerprint density at radius 1 is 1.33 bits per heavy atom. The molecule has 0 unspecified atom stereocenters. The highest BCUT2D eigenvalue weighted by atomic mass is 35.5. The van der Waals surface area contributed by atoms with E-state index >= 15 is 0 Å². The molecule has 1 aliphatic heterocycles. The summed E-state index contributed by atoms with van der Waals surface area (Å²) in [6.07, 6.45) is 2.34. The molecular weight excluding hydrogens is 288 g/mol. The summed E-state index contributed by atoms with van der Waals surface area (Å²) in [7, 11) is 0. The highest BCUT2D eigenvalue weighted by Crippen LogP contribution is 2.14. The van der Waals surface area contributed by atoms with Crippen LogP contribution in [0, 0.1) is 12.8 Å². The molecule has 0 saturated carbocycles. The van der Waals surface area contributed by atoms with Gasteiger partial charge in [-0.1, -0.05) is 11.6 Å². The number of aromatic amines is 1. The van der Waals surface area contributed by atoms with Gasteiger partial charge in [0.25, 0.3) is 5.56 Å². The van der Waals surface area contributed by atoms with Crippen molar-refractivity contribution in [2.75, 3.05) is 25.0 Å². The molecule has 1 fully saturated rings. The number of halogens is 1. The molecule has 1 aliphatic rings. The third-order valence-corrected chi connectivity index (χ3v) is 3.89. The number of hydrogen-bond donors (Lipinski definition) is 3. The number of benzene rings is 1. The smallest absolute Gasteiger partial charge is 0.282 e. The molecule has 3 N–H and O–H groups in total. The fourth-order valence-electron chi connectivity index (χ4n) is 2.67. The molecule has 21 heavy (non-hydrogen) atoms. The molecule has 5 nitrogen and oxygen atoms in total. The second kappa shape index (κ2) is 6.91. The van der Waals surface area contributed by atoms with Crippen LogP contribution in [-0.2, 0) is 0 Å². The van der Waals surface area contributed by atoms with Crippen molar-refractivity contribution >= 4 is 29.3 Å². The Labute approximate surface area is 130 Å². The van der Waals surface area contributed by atoms with Gasteiger partial charge in [0.15, 0.2) is 0 Å². The van der Waals surface area contributed by atoms with Crippen LogP contribution >= 0.6 is 12.4 Å². The van der Waals surface area contributed by atoms with Gasteiger partial charge in [-0.3, -0.25) is 4.79 Å². The predicted molar refractivity (Wildman–Crippen MR) is 88.4 cm³/mol. The minimum Gasteiger partial charge on any atom is -0.355 e. The number of fused-ring (bicyclic) bond motifs is 1. The maximum absolute atomic E-state index is 12.0.